The molecule has 0 radical (unpaired) electrons. The first kappa shape index (κ1) is 14.4. The van der Waals surface area contributed by atoms with E-state index in [-0.39, 0.29) is 17.9 Å². The van der Waals surface area contributed by atoms with Crippen molar-refractivity contribution in [2.45, 2.75) is 70.3 Å². The molecule has 0 aromatic rings. The van der Waals surface area contributed by atoms with Crippen molar-refractivity contribution in [1.82, 2.24) is 5.32 Å². The summed E-state index contributed by atoms with van der Waals surface area (Å²) in [6, 6.07) is 0. The smallest absolute Gasteiger partial charge is 0.223 e. The summed E-state index contributed by atoms with van der Waals surface area (Å²) in [6.07, 6.45) is 11.9. The second-order valence-corrected chi connectivity index (χ2v) is 7.32. The monoisotopic (exact) mass is 279 g/mol. The Balaban J connectivity index is 1.45. The highest BCUT2D eigenvalue weighted by atomic mass is 16.3. The van der Waals surface area contributed by atoms with Crippen LogP contribution >= 0.6 is 0 Å². The lowest BCUT2D eigenvalue weighted by molar-refractivity contribution is -0.127. The fourth-order valence-electron chi connectivity index (χ4n) is 4.74. The third-order valence-electron chi connectivity index (χ3n) is 6.07. The fourth-order valence-corrected chi connectivity index (χ4v) is 4.74. The zero-order valence-electron chi connectivity index (χ0n) is 12.5. The third kappa shape index (κ3) is 3.19. The molecule has 5 atom stereocenters. The number of rotatable bonds is 3. The molecule has 0 saturated heterocycles. The third-order valence-corrected chi connectivity index (χ3v) is 6.07. The van der Waals surface area contributed by atoms with Gasteiger partial charge in [0.2, 0.25) is 5.91 Å². The first-order valence-electron chi connectivity index (χ1n) is 8.70. The molecule has 3 fully saturated rings. The molecule has 5 unspecified atom stereocenters. The van der Waals surface area contributed by atoms with Crippen molar-refractivity contribution in [2.75, 3.05) is 6.54 Å². The number of fused-ring (bicyclic) bond motifs is 1. The summed E-state index contributed by atoms with van der Waals surface area (Å²) in [5.74, 6) is 2.51. The first-order valence-corrected chi connectivity index (χ1v) is 8.70. The molecule has 3 aliphatic carbocycles. The Morgan fingerprint density at radius 3 is 2.50 bits per heavy atom. The van der Waals surface area contributed by atoms with Crippen molar-refractivity contribution in [3.05, 3.63) is 0 Å². The Kier molecular flexibility index (Phi) is 4.65. The van der Waals surface area contributed by atoms with Gasteiger partial charge in [0.25, 0.3) is 0 Å². The van der Waals surface area contributed by atoms with E-state index in [0.29, 0.717) is 12.5 Å². The summed E-state index contributed by atoms with van der Waals surface area (Å²) in [4.78, 5) is 12.3. The van der Waals surface area contributed by atoms with Gasteiger partial charge in [-0.15, -0.1) is 0 Å². The van der Waals surface area contributed by atoms with E-state index in [1.54, 1.807) is 0 Å². The second kappa shape index (κ2) is 6.46. The summed E-state index contributed by atoms with van der Waals surface area (Å²) in [5.41, 5.74) is 0. The molecule has 3 aliphatic rings. The Labute approximate surface area is 122 Å². The van der Waals surface area contributed by atoms with Crippen LogP contribution in [-0.4, -0.2) is 23.7 Å². The fraction of sp³-hybridized carbons (Fsp3) is 0.941. The molecule has 2 N–H and O–H groups in total. The van der Waals surface area contributed by atoms with Gasteiger partial charge in [-0.1, -0.05) is 32.1 Å². The lowest BCUT2D eigenvalue weighted by Gasteiger charge is -2.38. The van der Waals surface area contributed by atoms with Crippen LogP contribution in [0.2, 0.25) is 0 Å². The number of carbonyl (C=O) groups is 1. The summed E-state index contributed by atoms with van der Waals surface area (Å²) >= 11 is 0. The zero-order chi connectivity index (χ0) is 13.9. The summed E-state index contributed by atoms with van der Waals surface area (Å²) in [7, 11) is 0. The van der Waals surface area contributed by atoms with Crippen LogP contribution in [0.4, 0.5) is 0 Å². The highest BCUT2D eigenvalue weighted by Crippen LogP contribution is 2.42. The summed E-state index contributed by atoms with van der Waals surface area (Å²) < 4.78 is 0. The Morgan fingerprint density at radius 2 is 1.75 bits per heavy atom. The van der Waals surface area contributed by atoms with Crippen molar-refractivity contribution in [3.8, 4) is 0 Å². The van der Waals surface area contributed by atoms with Gasteiger partial charge in [0.1, 0.15) is 0 Å². The number of amides is 1. The van der Waals surface area contributed by atoms with Gasteiger partial charge in [-0.05, 0) is 43.9 Å². The predicted octanol–water partition coefficient (Wildman–Crippen LogP) is 2.87. The van der Waals surface area contributed by atoms with Crippen LogP contribution in [0, 0.1) is 23.7 Å². The lowest BCUT2D eigenvalue weighted by Crippen LogP contribution is -2.40. The molecule has 3 saturated carbocycles. The van der Waals surface area contributed by atoms with E-state index in [1.807, 2.05) is 0 Å². The molecule has 0 heterocycles. The first-order chi connectivity index (χ1) is 9.74. The molecule has 3 heteroatoms. The van der Waals surface area contributed by atoms with E-state index in [9.17, 15) is 9.90 Å². The van der Waals surface area contributed by atoms with E-state index in [4.69, 9.17) is 0 Å². The minimum Gasteiger partial charge on any atom is -0.393 e. The number of nitrogens with one attached hydrogen (secondary N) is 1. The molecule has 20 heavy (non-hydrogen) atoms. The Bertz CT molecular complexity index is 344. The molecule has 1 amide bonds. The topological polar surface area (TPSA) is 49.3 Å². The maximum absolute atomic E-state index is 12.3. The maximum atomic E-state index is 12.3. The molecule has 114 valence electrons. The average Bonchev–Trinajstić information content (AvgIpc) is 2.89. The van der Waals surface area contributed by atoms with Gasteiger partial charge in [-0.25, -0.2) is 0 Å². The number of hydrogen-bond donors (Lipinski definition) is 2. The molecule has 0 bridgehead atoms. The van der Waals surface area contributed by atoms with Crippen LogP contribution in [0.3, 0.4) is 0 Å². The highest BCUT2D eigenvalue weighted by molar-refractivity contribution is 5.78. The van der Waals surface area contributed by atoms with Crippen molar-refractivity contribution >= 4 is 5.91 Å². The molecule has 3 rings (SSSR count). The van der Waals surface area contributed by atoms with Crippen LogP contribution in [0.1, 0.15) is 64.2 Å². The van der Waals surface area contributed by atoms with Crippen molar-refractivity contribution < 1.29 is 9.90 Å². The molecule has 0 aromatic heterocycles. The molecule has 0 aliphatic heterocycles. The second-order valence-electron chi connectivity index (χ2n) is 7.32. The van der Waals surface area contributed by atoms with Crippen molar-refractivity contribution in [3.63, 3.8) is 0 Å². The van der Waals surface area contributed by atoms with Gasteiger partial charge in [0.05, 0.1) is 6.10 Å². The normalized spacial score (nSPS) is 41.1. The SMILES string of the molecule is O=C(NCC1CCCC1O)C1CCC2CCCCC2C1. The number of carbonyl (C=O) groups excluding carboxylic acids is 1. The summed E-state index contributed by atoms with van der Waals surface area (Å²) in [5, 5.41) is 12.9. The van der Waals surface area contributed by atoms with Gasteiger partial charge >= 0.3 is 0 Å². The van der Waals surface area contributed by atoms with Crippen molar-refractivity contribution in [2.24, 2.45) is 23.7 Å². The maximum Gasteiger partial charge on any atom is 0.223 e. The van der Waals surface area contributed by atoms with Crippen LogP contribution in [0.15, 0.2) is 0 Å². The molecule has 3 nitrogen and oxygen atoms in total. The lowest BCUT2D eigenvalue weighted by atomic mass is 9.67. The van der Waals surface area contributed by atoms with E-state index in [0.717, 1.165) is 43.9 Å². The molecule has 0 aromatic carbocycles. The van der Waals surface area contributed by atoms with Crippen LogP contribution in [0.25, 0.3) is 0 Å². The van der Waals surface area contributed by atoms with Crippen LogP contribution in [0.5, 0.6) is 0 Å². The van der Waals surface area contributed by atoms with E-state index < -0.39 is 0 Å². The largest absolute Gasteiger partial charge is 0.393 e. The van der Waals surface area contributed by atoms with E-state index in [2.05, 4.69) is 5.32 Å². The number of hydrogen-bond acceptors (Lipinski definition) is 2. The predicted molar refractivity (Wildman–Crippen MR) is 79.1 cm³/mol. The quantitative estimate of drug-likeness (QED) is 0.834. The van der Waals surface area contributed by atoms with E-state index in [1.165, 1.54) is 32.1 Å². The summed E-state index contributed by atoms with van der Waals surface area (Å²) in [6.45, 7) is 0.685. The van der Waals surface area contributed by atoms with Gasteiger partial charge < -0.3 is 10.4 Å². The number of aliphatic hydroxyl groups excluding tert-OH is 1. The van der Waals surface area contributed by atoms with Crippen molar-refractivity contribution in [1.29, 1.82) is 0 Å². The van der Waals surface area contributed by atoms with Gasteiger partial charge in [-0.2, -0.15) is 0 Å². The van der Waals surface area contributed by atoms with Gasteiger partial charge in [0.15, 0.2) is 0 Å². The highest BCUT2D eigenvalue weighted by Gasteiger charge is 2.35. The standard InChI is InChI=1S/C17H29NO2/c19-16-7-3-6-15(16)11-18-17(20)14-9-8-12-4-1-2-5-13(12)10-14/h12-16,19H,1-11H2,(H,18,20). The molecule has 0 spiro atoms. The van der Waals surface area contributed by atoms with Gasteiger partial charge in [-0.3, -0.25) is 4.79 Å². The minimum absolute atomic E-state index is 0.190. The Morgan fingerprint density at radius 1 is 0.950 bits per heavy atom. The van der Waals surface area contributed by atoms with E-state index >= 15 is 0 Å². The van der Waals surface area contributed by atoms with Gasteiger partial charge in [0, 0.05) is 18.4 Å². The Hall–Kier alpha value is -0.570. The average molecular weight is 279 g/mol. The molecular weight excluding hydrogens is 250 g/mol. The minimum atomic E-state index is -0.190. The zero-order valence-corrected chi connectivity index (χ0v) is 12.5. The molecular formula is C17H29NO2. The van der Waals surface area contributed by atoms with Crippen LogP contribution < -0.4 is 5.32 Å². The number of aliphatic hydroxyl groups is 1. The van der Waals surface area contributed by atoms with Crippen LogP contribution in [-0.2, 0) is 4.79 Å².